The summed E-state index contributed by atoms with van der Waals surface area (Å²) in [6, 6.07) is 4.96. The monoisotopic (exact) mass is 490 g/mol. The van der Waals surface area contributed by atoms with E-state index >= 15 is 0 Å². The molecule has 0 spiro atoms. The molecule has 0 aliphatic carbocycles. The van der Waals surface area contributed by atoms with Gasteiger partial charge in [-0.25, -0.2) is 0 Å². The van der Waals surface area contributed by atoms with Crippen LogP contribution in [0.3, 0.4) is 0 Å². The molecule has 0 aliphatic heterocycles. The van der Waals surface area contributed by atoms with E-state index in [1.54, 1.807) is 12.8 Å². The number of hydrogen-bond donors (Lipinski definition) is 0. The molecule has 0 saturated carbocycles. The zero-order chi connectivity index (χ0) is 25.4. The molecule has 0 radical (unpaired) electrons. The van der Waals surface area contributed by atoms with Gasteiger partial charge in [-0.2, -0.15) is 57.1 Å². The molecule has 0 amide bonds. The summed E-state index contributed by atoms with van der Waals surface area (Å²) in [5.74, 6) is -39.6. The fourth-order valence-corrected chi connectivity index (χ4v) is 2.16. The number of alkyl halides is 13. The highest BCUT2D eigenvalue weighted by molar-refractivity contribution is 6.02. The van der Waals surface area contributed by atoms with Gasteiger partial charge in [-0.05, 0) is 30.0 Å². The summed E-state index contributed by atoms with van der Waals surface area (Å²) < 4.78 is 169. The second-order valence-electron chi connectivity index (χ2n) is 6.40. The summed E-state index contributed by atoms with van der Waals surface area (Å²) in [5, 5.41) is 0. The summed E-state index contributed by atoms with van der Waals surface area (Å²) in [6.45, 7) is 1.80. The smallest absolute Gasteiger partial charge is 0.278 e. The molecular formula is C18H11F13O. The van der Waals surface area contributed by atoms with Crippen LogP contribution in [-0.4, -0.2) is 41.6 Å². The first-order valence-electron chi connectivity index (χ1n) is 8.29. The predicted octanol–water partition coefficient (Wildman–Crippen LogP) is 6.30. The van der Waals surface area contributed by atoms with E-state index in [0.717, 1.165) is 18.1 Å². The van der Waals surface area contributed by atoms with Crippen LogP contribution in [0, 0.1) is 11.8 Å². The van der Waals surface area contributed by atoms with Crippen LogP contribution < -0.4 is 0 Å². The van der Waals surface area contributed by atoms with Gasteiger partial charge in [0.1, 0.15) is 0 Å². The van der Waals surface area contributed by atoms with Gasteiger partial charge in [-0.15, -0.1) is 0 Å². The molecule has 0 fully saturated rings. The van der Waals surface area contributed by atoms with Gasteiger partial charge in [0.15, 0.2) is 0 Å². The van der Waals surface area contributed by atoms with Crippen molar-refractivity contribution in [3.8, 4) is 11.8 Å². The minimum absolute atomic E-state index is 0.280. The third-order valence-electron chi connectivity index (χ3n) is 4.03. The second kappa shape index (κ2) is 8.47. The Morgan fingerprint density at radius 1 is 0.719 bits per heavy atom. The summed E-state index contributed by atoms with van der Waals surface area (Å²) in [5.41, 5.74) is 0.423. The quantitative estimate of drug-likeness (QED) is 0.324. The van der Waals surface area contributed by atoms with E-state index in [-0.39, 0.29) is 5.56 Å². The van der Waals surface area contributed by atoms with E-state index in [1.165, 1.54) is 12.1 Å². The Bertz CT molecular complexity index is 886. The molecule has 1 rings (SSSR count). The number of hydrogen-bond acceptors (Lipinski definition) is 1. The Morgan fingerprint density at radius 3 is 1.56 bits per heavy atom. The van der Waals surface area contributed by atoms with E-state index in [1.807, 2.05) is 0 Å². The van der Waals surface area contributed by atoms with Crippen LogP contribution in [0.5, 0.6) is 0 Å². The molecule has 0 unspecified atom stereocenters. The topological polar surface area (TPSA) is 17.1 Å². The summed E-state index contributed by atoms with van der Waals surface area (Å²) in [6.07, 6.45) is -6.26. The zero-order valence-corrected chi connectivity index (χ0v) is 15.5. The molecule has 1 aromatic carbocycles. The van der Waals surface area contributed by atoms with Crippen LogP contribution in [0.1, 0.15) is 24.5 Å². The van der Waals surface area contributed by atoms with Crippen LogP contribution in [0.25, 0.3) is 0 Å². The van der Waals surface area contributed by atoms with E-state index in [9.17, 15) is 61.9 Å². The lowest BCUT2D eigenvalue weighted by atomic mass is 9.92. The molecule has 0 aromatic heterocycles. The van der Waals surface area contributed by atoms with Crippen molar-refractivity contribution < 1.29 is 61.9 Å². The minimum Gasteiger partial charge on any atom is -0.278 e. The maximum absolute atomic E-state index is 13.6. The Kier molecular flexibility index (Phi) is 7.30. The zero-order valence-electron chi connectivity index (χ0n) is 15.5. The molecule has 0 N–H and O–H groups in total. The molecule has 14 heteroatoms. The maximum atomic E-state index is 13.6. The number of ketones is 1. The highest BCUT2D eigenvalue weighted by Crippen LogP contribution is 2.60. The third kappa shape index (κ3) is 4.38. The molecule has 1 nitrogen and oxygen atoms in total. The fourth-order valence-electron chi connectivity index (χ4n) is 2.16. The fraction of sp³-hybridized carbons (Fsp3) is 0.500. The molecule has 0 bridgehead atoms. The van der Waals surface area contributed by atoms with E-state index in [0.29, 0.717) is 18.4 Å². The highest BCUT2D eigenvalue weighted by atomic mass is 19.4. The average Bonchev–Trinajstić information content (AvgIpc) is 2.65. The van der Waals surface area contributed by atoms with Crippen molar-refractivity contribution in [1.82, 2.24) is 0 Å². The number of carbonyl (C=O) groups excluding carboxylic acids is 1. The van der Waals surface area contributed by atoms with Crippen molar-refractivity contribution in [2.75, 3.05) is 0 Å². The van der Waals surface area contributed by atoms with Crippen LogP contribution >= 0.6 is 0 Å². The number of benzene rings is 1. The number of Topliss-reactive ketones (excluding diaryl/α,β-unsaturated/α-hetero) is 1. The van der Waals surface area contributed by atoms with Gasteiger partial charge in [0, 0.05) is 5.56 Å². The number of aryl methyl sites for hydroxylation is 1. The van der Waals surface area contributed by atoms with Gasteiger partial charge < -0.3 is 0 Å². The van der Waals surface area contributed by atoms with Gasteiger partial charge in [-0.1, -0.05) is 31.4 Å². The van der Waals surface area contributed by atoms with Gasteiger partial charge in [0.25, 0.3) is 5.78 Å². The van der Waals surface area contributed by atoms with Crippen molar-refractivity contribution in [2.24, 2.45) is 0 Å². The Labute approximate surface area is 171 Å². The number of rotatable bonds is 7. The summed E-state index contributed by atoms with van der Waals surface area (Å²) in [7, 11) is 0. The van der Waals surface area contributed by atoms with Crippen LogP contribution in [-0.2, 0) is 11.2 Å². The number of halogens is 13. The summed E-state index contributed by atoms with van der Waals surface area (Å²) in [4.78, 5) is 11.3. The van der Waals surface area contributed by atoms with Gasteiger partial charge >= 0.3 is 35.8 Å². The molecule has 0 heterocycles. The van der Waals surface area contributed by atoms with E-state index in [4.69, 9.17) is 0 Å². The number of carbonyl (C=O) groups is 1. The van der Waals surface area contributed by atoms with Crippen molar-refractivity contribution in [1.29, 1.82) is 0 Å². The Hall–Kier alpha value is -2.46. The normalized spacial score (nSPS) is 14.1. The van der Waals surface area contributed by atoms with Crippen LogP contribution in [0.2, 0.25) is 0 Å². The standard InChI is InChI=1S/C18H11F13O/c1-2-3-10-4-6-11(7-5-10)8-9-12(32)13(19,20)14(21,22)15(23,24)16(25,26)17(27,28)18(29,30)31/h4-7H,2-3H2,1H3. The molecule has 32 heavy (non-hydrogen) atoms. The summed E-state index contributed by atoms with van der Waals surface area (Å²) >= 11 is 0. The molecule has 180 valence electrons. The molecule has 0 saturated heterocycles. The Morgan fingerprint density at radius 2 is 1.16 bits per heavy atom. The van der Waals surface area contributed by atoms with E-state index in [2.05, 4.69) is 0 Å². The van der Waals surface area contributed by atoms with Crippen molar-refractivity contribution in [3.05, 3.63) is 35.4 Å². The SMILES string of the molecule is CCCc1ccc(C#CC(=O)C(F)(F)C(F)(F)C(F)(F)C(F)(F)C(F)(F)C(F)(F)F)cc1. The average molecular weight is 490 g/mol. The van der Waals surface area contributed by atoms with Gasteiger partial charge in [0.05, 0.1) is 0 Å². The lowest BCUT2D eigenvalue weighted by Crippen LogP contribution is -2.71. The van der Waals surface area contributed by atoms with Gasteiger partial charge in [0.2, 0.25) is 0 Å². The van der Waals surface area contributed by atoms with E-state index < -0.39 is 41.6 Å². The van der Waals surface area contributed by atoms with Crippen molar-refractivity contribution >= 4 is 5.78 Å². The lowest BCUT2D eigenvalue weighted by molar-refractivity contribution is -0.435. The lowest BCUT2D eigenvalue weighted by Gasteiger charge is -2.38. The predicted molar refractivity (Wildman–Crippen MR) is 83.1 cm³/mol. The first-order valence-corrected chi connectivity index (χ1v) is 8.29. The van der Waals surface area contributed by atoms with Gasteiger partial charge in [-0.3, -0.25) is 4.79 Å². The maximum Gasteiger partial charge on any atom is 0.460 e. The third-order valence-corrected chi connectivity index (χ3v) is 4.03. The molecule has 0 atom stereocenters. The largest absolute Gasteiger partial charge is 0.460 e. The first-order chi connectivity index (χ1) is 14.2. The molecular weight excluding hydrogens is 479 g/mol. The van der Waals surface area contributed by atoms with Crippen molar-refractivity contribution in [2.45, 2.75) is 55.6 Å². The van der Waals surface area contributed by atoms with Crippen LogP contribution in [0.15, 0.2) is 24.3 Å². The molecule has 1 aromatic rings. The van der Waals surface area contributed by atoms with Crippen LogP contribution in [0.4, 0.5) is 57.1 Å². The first kappa shape index (κ1) is 27.6. The minimum atomic E-state index is -8.06. The highest BCUT2D eigenvalue weighted by Gasteiger charge is 2.91. The Balaban J connectivity index is 3.35. The second-order valence-corrected chi connectivity index (χ2v) is 6.40. The van der Waals surface area contributed by atoms with Crippen molar-refractivity contribution in [3.63, 3.8) is 0 Å². The molecule has 0 aliphatic rings.